The van der Waals surface area contributed by atoms with Gasteiger partial charge in [-0.05, 0) is 86.2 Å². The summed E-state index contributed by atoms with van der Waals surface area (Å²) in [4.78, 5) is 41.2. The van der Waals surface area contributed by atoms with E-state index in [0.29, 0.717) is 30.6 Å². The molecule has 9 nitrogen and oxygen atoms in total. The van der Waals surface area contributed by atoms with E-state index in [-0.39, 0.29) is 23.8 Å². The van der Waals surface area contributed by atoms with Crippen molar-refractivity contribution >= 4 is 41.2 Å². The molecule has 2 aliphatic rings. The molecule has 0 radical (unpaired) electrons. The molecule has 2 saturated heterocycles. The third kappa shape index (κ3) is 7.10. The minimum atomic E-state index is -0.538. The second-order valence-corrected chi connectivity index (χ2v) is 11.9. The van der Waals surface area contributed by atoms with Crippen molar-refractivity contribution in [1.29, 1.82) is 0 Å². The number of hydrogen-bond acceptors (Lipinski definition) is 5. The van der Waals surface area contributed by atoms with Crippen LogP contribution in [-0.4, -0.2) is 57.6 Å². The molecule has 9 heteroatoms. The predicted molar refractivity (Wildman–Crippen MR) is 182 cm³/mol. The van der Waals surface area contributed by atoms with Gasteiger partial charge in [0, 0.05) is 17.9 Å². The summed E-state index contributed by atoms with van der Waals surface area (Å²) < 4.78 is 1.84. The van der Waals surface area contributed by atoms with Crippen molar-refractivity contribution in [2.75, 3.05) is 23.7 Å². The molecule has 1 aromatic heterocycles. The maximum Gasteiger partial charge on any atom is 0.258 e. The van der Waals surface area contributed by atoms with Gasteiger partial charge in [0.1, 0.15) is 6.04 Å². The zero-order valence-corrected chi connectivity index (χ0v) is 26.1. The molecular formula is C37H40N6O3. The van der Waals surface area contributed by atoms with E-state index in [0.717, 1.165) is 60.4 Å². The lowest BCUT2D eigenvalue weighted by Crippen LogP contribution is -2.43. The van der Waals surface area contributed by atoms with Crippen molar-refractivity contribution < 1.29 is 14.4 Å². The number of hydrogen-bond donors (Lipinski definition) is 3. The van der Waals surface area contributed by atoms with Crippen LogP contribution in [0.5, 0.6) is 0 Å². The predicted octanol–water partition coefficient (Wildman–Crippen LogP) is 5.93. The average Bonchev–Trinajstić information content (AvgIpc) is 3.87. The Morgan fingerprint density at radius 3 is 2.11 bits per heavy atom. The van der Waals surface area contributed by atoms with Crippen molar-refractivity contribution in [2.45, 2.75) is 57.5 Å². The fourth-order valence-corrected chi connectivity index (χ4v) is 6.17. The third-order valence-corrected chi connectivity index (χ3v) is 8.60. The van der Waals surface area contributed by atoms with Gasteiger partial charge in [0.25, 0.3) is 5.91 Å². The number of benzene rings is 3. The van der Waals surface area contributed by atoms with E-state index in [1.54, 1.807) is 11.1 Å². The Hall–Kier alpha value is -5.02. The van der Waals surface area contributed by atoms with Crippen LogP contribution in [0.2, 0.25) is 0 Å². The minimum Gasteiger partial charge on any atom is -0.326 e. The van der Waals surface area contributed by atoms with Crippen LogP contribution in [0.15, 0.2) is 85.1 Å². The minimum absolute atomic E-state index is 0.0113. The molecule has 3 N–H and O–H groups in total. The van der Waals surface area contributed by atoms with Crippen molar-refractivity contribution in [3.05, 3.63) is 107 Å². The summed E-state index contributed by atoms with van der Waals surface area (Å²) in [5.41, 5.74) is 5.80. The summed E-state index contributed by atoms with van der Waals surface area (Å²) in [5, 5.41) is 13.8. The summed E-state index contributed by atoms with van der Waals surface area (Å²) in [6, 6.07) is 24.5. The number of aromatic nitrogens is 2. The van der Waals surface area contributed by atoms with Gasteiger partial charge in [0.2, 0.25) is 11.8 Å². The largest absolute Gasteiger partial charge is 0.326 e. The number of carbonyl (C=O) groups excluding carboxylic acids is 3. The van der Waals surface area contributed by atoms with Crippen molar-refractivity contribution in [2.24, 2.45) is 0 Å². The second-order valence-electron chi connectivity index (χ2n) is 11.9. The molecular weight excluding hydrogens is 576 g/mol. The summed E-state index contributed by atoms with van der Waals surface area (Å²) >= 11 is 0. The summed E-state index contributed by atoms with van der Waals surface area (Å²) in [6.07, 6.45) is 10.5. The van der Waals surface area contributed by atoms with Crippen molar-refractivity contribution in [3.63, 3.8) is 0 Å². The first kappa shape index (κ1) is 31.0. The zero-order valence-electron chi connectivity index (χ0n) is 26.1. The Balaban J connectivity index is 1.06. The van der Waals surface area contributed by atoms with Crippen molar-refractivity contribution in [1.82, 2.24) is 20.0 Å². The number of nitrogens with one attached hydrogen (secondary N) is 3. The Morgan fingerprint density at radius 1 is 0.848 bits per heavy atom. The van der Waals surface area contributed by atoms with E-state index in [2.05, 4.69) is 28.0 Å². The first-order valence-electron chi connectivity index (χ1n) is 16.2. The van der Waals surface area contributed by atoms with Gasteiger partial charge in [-0.1, -0.05) is 68.0 Å². The van der Waals surface area contributed by atoms with E-state index in [4.69, 9.17) is 0 Å². The average molecular weight is 617 g/mol. The van der Waals surface area contributed by atoms with E-state index < -0.39 is 6.04 Å². The Kier molecular flexibility index (Phi) is 9.69. The van der Waals surface area contributed by atoms with Crippen LogP contribution in [0.25, 0.3) is 17.8 Å². The number of amides is 3. The molecule has 0 unspecified atom stereocenters. The van der Waals surface area contributed by atoms with Crippen LogP contribution in [-0.2, 0) is 16.0 Å². The summed E-state index contributed by atoms with van der Waals surface area (Å²) in [7, 11) is 0. The maximum absolute atomic E-state index is 13.8. The molecule has 0 saturated carbocycles. The number of para-hydroxylation sites is 1. The number of anilines is 2. The van der Waals surface area contributed by atoms with Gasteiger partial charge in [0.15, 0.2) is 0 Å². The maximum atomic E-state index is 13.8. The molecule has 2 aliphatic heterocycles. The van der Waals surface area contributed by atoms with Gasteiger partial charge in [0.05, 0.1) is 29.2 Å². The standard InChI is InChI=1S/C37H40N6O3/c1-2-8-33-31(25-39-43(33)30-9-4-3-5-10-30)37(46)42-24-7-12-34(42)36(45)41-29-21-17-27(18-22-29)14-13-26-15-19-28(20-16-26)40-35(44)32-11-6-23-38-32/h3-5,9-10,13-22,25,32,34,38H,2,6-8,11-12,23-24H2,1H3,(H,40,44)(H,41,45)/b14-13+/t32-,34-/m0/s1. The molecule has 2 fully saturated rings. The molecule has 46 heavy (non-hydrogen) atoms. The van der Waals surface area contributed by atoms with Gasteiger partial charge in [-0.25, -0.2) is 4.68 Å². The molecule has 2 atom stereocenters. The van der Waals surface area contributed by atoms with Gasteiger partial charge in [-0.3, -0.25) is 14.4 Å². The van der Waals surface area contributed by atoms with Crippen LogP contribution < -0.4 is 16.0 Å². The lowest BCUT2D eigenvalue weighted by Gasteiger charge is -2.24. The Bertz CT molecular complexity index is 1690. The highest BCUT2D eigenvalue weighted by atomic mass is 16.2. The highest BCUT2D eigenvalue weighted by Crippen LogP contribution is 2.25. The van der Waals surface area contributed by atoms with Crippen LogP contribution in [0.4, 0.5) is 11.4 Å². The number of rotatable bonds is 10. The molecule has 4 aromatic rings. The number of likely N-dealkylation sites (tertiary alicyclic amines) is 1. The van der Waals surface area contributed by atoms with E-state index in [1.807, 2.05) is 95.7 Å². The van der Waals surface area contributed by atoms with Crippen LogP contribution in [0.3, 0.4) is 0 Å². The highest BCUT2D eigenvalue weighted by molar-refractivity contribution is 6.02. The molecule has 0 bridgehead atoms. The molecule has 0 aliphatic carbocycles. The second kappa shape index (κ2) is 14.4. The smallest absolute Gasteiger partial charge is 0.258 e. The quantitative estimate of drug-likeness (QED) is 0.192. The fourth-order valence-electron chi connectivity index (χ4n) is 6.17. The molecule has 6 rings (SSSR count). The highest BCUT2D eigenvalue weighted by Gasteiger charge is 2.36. The SMILES string of the molecule is CCCc1c(C(=O)N2CCC[C@H]2C(=O)Nc2ccc(/C=C/c3ccc(NC(=O)[C@@H]4CCCN4)cc3)cc2)cnn1-c1ccccc1. The van der Waals surface area contributed by atoms with Crippen LogP contribution in [0.1, 0.15) is 66.2 Å². The van der Waals surface area contributed by atoms with Crippen LogP contribution >= 0.6 is 0 Å². The monoisotopic (exact) mass is 616 g/mol. The van der Waals surface area contributed by atoms with Gasteiger partial charge < -0.3 is 20.9 Å². The Labute approximate surface area is 269 Å². The first-order valence-corrected chi connectivity index (χ1v) is 16.2. The fraction of sp³-hybridized carbons (Fsp3) is 0.297. The van der Waals surface area contributed by atoms with E-state index >= 15 is 0 Å². The number of carbonyl (C=O) groups is 3. The lowest BCUT2D eigenvalue weighted by atomic mass is 10.1. The summed E-state index contributed by atoms with van der Waals surface area (Å²) in [5.74, 6) is -0.320. The molecule has 3 aromatic carbocycles. The normalized spacial score (nSPS) is 17.8. The third-order valence-electron chi connectivity index (χ3n) is 8.60. The lowest BCUT2D eigenvalue weighted by molar-refractivity contribution is -0.120. The number of nitrogens with zero attached hydrogens (tertiary/aromatic N) is 3. The molecule has 3 heterocycles. The zero-order chi connectivity index (χ0) is 31.9. The first-order chi connectivity index (χ1) is 22.5. The van der Waals surface area contributed by atoms with E-state index in [9.17, 15) is 14.4 Å². The van der Waals surface area contributed by atoms with E-state index in [1.165, 1.54) is 0 Å². The molecule has 0 spiro atoms. The molecule has 236 valence electrons. The van der Waals surface area contributed by atoms with Gasteiger partial charge in [-0.2, -0.15) is 5.10 Å². The van der Waals surface area contributed by atoms with Gasteiger partial charge >= 0.3 is 0 Å². The van der Waals surface area contributed by atoms with Crippen LogP contribution in [0, 0.1) is 0 Å². The Morgan fingerprint density at radius 2 is 1.50 bits per heavy atom. The molecule has 3 amide bonds. The topological polar surface area (TPSA) is 108 Å². The van der Waals surface area contributed by atoms with Crippen molar-refractivity contribution in [3.8, 4) is 5.69 Å². The van der Waals surface area contributed by atoms with Gasteiger partial charge in [-0.15, -0.1) is 0 Å². The summed E-state index contributed by atoms with van der Waals surface area (Å²) in [6.45, 7) is 3.51.